The van der Waals surface area contributed by atoms with E-state index in [0.29, 0.717) is 0 Å². The van der Waals surface area contributed by atoms with Crippen LogP contribution in [0.15, 0.2) is 12.4 Å². The quantitative estimate of drug-likeness (QED) is 0.676. The highest BCUT2D eigenvalue weighted by Crippen LogP contribution is 2.01. The van der Waals surface area contributed by atoms with Crippen LogP contribution in [0.1, 0.15) is 17.4 Å². The van der Waals surface area contributed by atoms with Gasteiger partial charge in [-0.05, 0) is 0 Å². The van der Waals surface area contributed by atoms with E-state index in [1.165, 1.54) is 13.1 Å². The molecule has 6 nitrogen and oxygen atoms in total. The molecule has 1 heterocycles. The van der Waals surface area contributed by atoms with E-state index in [1.807, 2.05) is 0 Å². The molecular weight excluding hydrogens is 174 g/mol. The van der Waals surface area contributed by atoms with Crippen molar-refractivity contribution >= 4 is 17.7 Å². The van der Waals surface area contributed by atoms with Crippen LogP contribution in [0.4, 0.5) is 5.82 Å². The minimum absolute atomic E-state index is 0.132. The predicted octanol–water partition coefficient (Wildman–Crippen LogP) is 0.133. The zero-order valence-corrected chi connectivity index (χ0v) is 6.81. The highest BCUT2D eigenvalue weighted by Gasteiger charge is 2.06. The van der Waals surface area contributed by atoms with E-state index in [-0.39, 0.29) is 17.4 Å². The van der Waals surface area contributed by atoms with Crippen LogP contribution < -0.4 is 5.32 Å². The summed E-state index contributed by atoms with van der Waals surface area (Å²) in [6.07, 6.45) is 2.38. The van der Waals surface area contributed by atoms with E-state index in [2.05, 4.69) is 15.3 Å². The van der Waals surface area contributed by atoms with Crippen molar-refractivity contribution in [3.63, 3.8) is 0 Å². The van der Waals surface area contributed by atoms with Gasteiger partial charge >= 0.3 is 5.97 Å². The molecule has 0 bridgehead atoms. The third-order valence-electron chi connectivity index (χ3n) is 1.16. The Kier molecular flexibility index (Phi) is 2.53. The molecule has 68 valence electrons. The van der Waals surface area contributed by atoms with Gasteiger partial charge in [0.15, 0.2) is 11.5 Å². The first-order valence-electron chi connectivity index (χ1n) is 3.42. The first-order chi connectivity index (χ1) is 6.09. The third-order valence-corrected chi connectivity index (χ3v) is 1.16. The van der Waals surface area contributed by atoms with E-state index in [0.717, 1.165) is 6.20 Å². The van der Waals surface area contributed by atoms with Gasteiger partial charge in [-0.25, -0.2) is 9.78 Å². The number of carboxylic acid groups (broad SMARTS) is 1. The molecular formula is C7H7N3O3. The summed E-state index contributed by atoms with van der Waals surface area (Å²) in [6.45, 7) is 1.30. The van der Waals surface area contributed by atoms with Gasteiger partial charge < -0.3 is 10.4 Å². The zero-order valence-electron chi connectivity index (χ0n) is 6.81. The van der Waals surface area contributed by atoms with Gasteiger partial charge in [-0.3, -0.25) is 9.78 Å². The van der Waals surface area contributed by atoms with Gasteiger partial charge in [-0.2, -0.15) is 0 Å². The number of nitrogens with zero attached hydrogens (tertiary/aromatic N) is 2. The Balaban J connectivity index is 2.91. The topological polar surface area (TPSA) is 92.2 Å². The van der Waals surface area contributed by atoms with Crippen LogP contribution in [0.25, 0.3) is 0 Å². The molecule has 0 atom stereocenters. The maximum atomic E-state index is 10.6. The molecule has 0 spiro atoms. The summed E-state index contributed by atoms with van der Waals surface area (Å²) in [5.74, 6) is -1.37. The summed E-state index contributed by atoms with van der Waals surface area (Å²) < 4.78 is 0. The fourth-order valence-electron chi connectivity index (χ4n) is 0.710. The summed E-state index contributed by atoms with van der Waals surface area (Å²) >= 11 is 0. The Morgan fingerprint density at radius 2 is 2.15 bits per heavy atom. The second-order valence-electron chi connectivity index (χ2n) is 2.28. The Morgan fingerprint density at radius 3 is 2.69 bits per heavy atom. The van der Waals surface area contributed by atoms with Crippen LogP contribution in [0.3, 0.4) is 0 Å². The number of carboxylic acids is 1. The number of amides is 1. The summed E-state index contributed by atoms with van der Waals surface area (Å²) in [4.78, 5) is 28.2. The van der Waals surface area contributed by atoms with Crippen molar-refractivity contribution in [2.45, 2.75) is 6.92 Å². The molecule has 0 aliphatic heterocycles. The minimum atomic E-state index is -1.18. The van der Waals surface area contributed by atoms with Crippen LogP contribution in [-0.4, -0.2) is 27.0 Å². The molecule has 1 rings (SSSR count). The van der Waals surface area contributed by atoms with E-state index >= 15 is 0 Å². The average Bonchev–Trinajstić information content (AvgIpc) is 2.03. The summed E-state index contributed by atoms with van der Waals surface area (Å²) in [6, 6.07) is 0. The first kappa shape index (κ1) is 9.11. The Labute approximate surface area is 73.6 Å². The fourth-order valence-corrected chi connectivity index (χ4v) is 0.710. The van der Waals surface area contributed by atoms with Crippen LogP contribution in [0, 0.1) is 0 Å². The van der Waals surface area contributed by atoms with Crippen LogP contribution in [0.2, 0.25) is 0 Å². The van der Waals surface area contributed by atoms with Crippen molar-refractivity contribution in [3.8, 4) is 0 Å². The van der Waals surface area contributed by atoms with Gasteiger partial charge in [-0.15, -0.1) is 0 Å². The van der Waals surface area contributed by atoms with Gasteiger partial charge in [0.05, 0.1) is 12.4 Å². The maximum absolute atomic E-state index is 10.6. The molecule has 0 aromatic carbocycles. The van der Waals surface area contributed by atoms with E-state index in [9.17, 15) is 9.59 Å². The molecule has 0 radical (unpaired) electrons. The van der Waals surface area contributed by atoms with Gasteiger partial charge in [0.2, 0.25) is 5.91 Å². The number of aromatic carboxylic acids is 1. The Bertz CT molecular complexity index is 351. The van der Waals surface area contributed by atoms with Crippen molar-refractivity contribution in [2.24, 2.45) is 0 Å². The summed E-state index contributed by atoms with van der Waals surface area (Å²) in [7, 11) is 0. The highest BCUT2D eigenvalue weighted by molar-refractivity contribution is 5.89. The lowest BCUT2D eigenvalue weighted by molar-refractivity contribution is -0.114. The predicted molar refractivity (Wildman–Crippen MR) is 43.3 cm³/mol. The molecule has 0 unspecified atom stereocenters. The molecule has 0 fully saturated rings. The number of rotatable bonds is 2. The lowest BCUT2D eigenvalue weighted by Crippen LogP contribution is -2.10. The number of hydrogen-bond donors (Lipinski definition) is 2. The minimum Gasteiger partial charge on any atom is -0.476 e. The molecule has 0 saturated heterocycles. The average molecular weight is 181 g/mol. The second kappa shape index (κ2) is 3.61. The number of carbonyl (C=O) groups excluding carboxylic acids is 1. The molecule has 0 aliphatic carbocycles. The molecule has 1 aromatic heterocycles. The normalized spacial score (nSPS) is 9.31. The summed E-state index contributed by atoms with van der Waals surface area (Å²) in [5, 5.41) is 10.9. The lowest BCUT2D eigenvalue weighted by atomic mass is 10.4. The van der Waals surface area contributed by atoms with Crippen molar-refractivity contribution in [3.05, 3.63) is 18.1 Å². The zero-order chi connectivity index (χ0) is 9.84. The van der Waals surface area contributed by atoms with Crippen molar-refractivity contribution < 1.29 is 14.7 Å². The highest BCUT2D eigenvalue weighted by atomic mass is 16.4. The maximum Gasteiger partial charge on any atom is 0.356 e. The van der Waals surface area contributed by atoms with Gasteiger partial charge in [0.1, 0.15) is 0 Å². The molecule has 1 aromatic rings. The van der Waals surface area contributed by atoms with E-state index in [1.54, 1.807) is 0 Å². The number of anilines is 1. The van der Waals surface area contributed by atoms with Gasteiger partial charge in [0.25, 0.3) is 0 Å². The SMILES string of the molecule is CC(=O)Nc1cncc(C(=O)O)n1. The van der Waals surface area contributed by atoms with Crippen molar-refractivity contribution in [1.82, 2.24) is 9.97 Å². The van der Waals surface area contributed by atoms with Crippen LogP contribution in [-0.2, 0) is 4.79 Å². The number of hydrogen-bond acceptors (Lipinski definition) is 4. The summed E-state index contributed by atoms with van der Waals surface area (Å²) in [5.41, 5.74) is -0.203. The van der Waals surface area contributed by atoms with Crippen LogP contribution >= 0.6 is 0 Å². The number of carbonyl (C=O) groups is 2. The molecule has 2 N–H and O–H groups in total. The standard InChI is InChI=1S/C7H7N3O3/c1-4(11)9-6-3-8-2-5(10-6)7(12)13/h2-3H,1H3,(H,12,13)(H,9,10,11). The van der Waals surface area contributed by atoms with E-state index < -0.39 is 5.97 Å². The molecule has 0 saturated carbocycles. The van der Waals surface area contributed by atoms with E-state index in [4.69, 9.17) is 5.11 Å². The van der Waals surface area contributed by atoms with Gasteiger partial charge in [-0.1, -0.05) is 0 Å². The molecule has 13 heavy (non-hydrogen) atoms. The van der Waals surface area contributed by atoms with Crippen LogP contribution in [0.5, 0.6) is 0 Å². The fraction of sp³-hybridized carbons (Fsp3) is 0.143. The number of nitrogens with one attached hydrogen (secondary N) is 1. The molecule has 1 amide bonds. The molecule has 0 aliphatic rings. The Morgan fingerprint density at radius 1 is 1.46 bits per heavy atom. The monoisotopic (exact) mass is 181 g/mol. The lowest BCUT2D eigenvalue weighted by Gasteiger charge is -1.99. The third kappa shape index (κ3) is 2.51. The molecule has 6 heteroatoms. The van der Waals surface area contributed by atoms with Gasteiger partial charge in [0, 0.05) is 6.92 Å². The largest absolute Gasteiger partial charge is 0.476 e. The van der Waals surface area contributed by atoms with Crippen molar-refractivity contribution in [1.29, 1.82) is 0 Å². The number of aromatic nitrogens is 2. The first-order valence-corrected chi connectivity index (χ1v) is 3.42. The Hall–Kier alpha value is -1.98. The van der Waals surface area contributed by atoms with Crippen molar-refractivity contribution in [2.75, 3.05) is 5.32 Å². The second-order valence-corrected chi connectivity index (χ2v) is 2.28. The smallest absolute Gasteiger partial charge is 0.356 e.